The number of rotatable bonds is 7. The van der Waals surface area contributed by atoms with Crippen LogP contribution in [0.4, 0.5) is 0 Å². The molecule has 0 aromatic carbocycles. The van der Waals surface area contributed by atoms with Crippen LogP contribution in [0.15, 0.2) is 0 Å². The first kappa shape index (κ1) is 14.4. The van der Waals surface area contributed by atoms with E-state index in [-0.39, 0.29) is 5.41 Å². The number of hydrogen-bond acceptors (Lipinski definition) is 2. The van der Waals surface area contributed by atoms with Gasteiger partial charge in [0.15, 0.2) is 0 Å². The van der Waals surface area contributed by atoms with Crippen molar-refractivity contribution in [2.75, 3.05) is 13.1 Å². The molecule has 0 heterocycles. The summed E-state index contributed by atoms with van der Waals surface area (Å²) < 4.78 is 0. The monoisotopic (exact) mass is 213 g/mol. The first-order chi connectivity index (χ1) is 6.81. The van der Waals surface area contributed by atoms with Crippen molar-refractivity contribution in [2.24, 2.45) is 11.1 Å². The molecular formula is C12H27N3. The molecule has 0 bridgehead atoms. The Kier molecular flexibility index (Phi) is 5.88. The zero-order valence-corrected chi connectivity index (χ0v) is 10.9. The zero-order chi connectivity index (χ0) is 12.1. The standard InChI is InChI=1S/C12H27N3/c1-6-15(10(2)3)9-7-8-12(4,5)11(13)14/h10H,6-9H2,1-5H3,(H3,13,14). The minimum atomic E-state index is -0.142. The van der Waals surface area contributed by atoms with Gasteiger partial charge in [0.2, 0.25) is 0 Å². The maximum absolute atomic E-state index is 7.48. The fourth-order valence-electron chi connectivity index (χ4n) is 1.64. The van der Waals surface area contributed by atoms with Crippen molar-refractivity contribution in [3.8, 4) is 0 Å². The van der Waals surface area contributed by atoms with Crippen molar-refractivity contribution >= 4 is 5.84 Å². The molecule has 0 rings (SSSR count). The summed E-state index contributed by atoms with van der Waals surface area (Å²) >= 11 is 0. The van der Waals surface area contributed by atoms with Crippen LogP contribution in [0.3, 0.4) is 0 Å². The molecule has 0 aliphatic rings. The molecular weight excluding hydrogens is 186 g/mol. The first-order valence-electron chi connectivity index (χ1n) is 5.89. The lowest BCUT2D eigenvalue weighted by atomic mass is 9.86. The largest absolute Gasteiger partial charge is 0.387 e. The number of nitrogens with two attached hydrogens (primary N) is 1. The van der Waals surface area contributed by atoms with Gasteiger partial charge in [-0.25, -0.2) is 0 Å². The van der Waals surface area contributed by atoms with Crippen LogP contribution in [0.1, 0.15) is 47.5 Å². The molecule has 0 aromatic heterocycles. The van der Waals surface area contributed by atoms with Gasteiger partial charge in [-0.15, -0.1) is 0 Å². The molecule has 0 saturated heterocycles. The SMILES string of the molecule is CCN(CCCC(C)(C)C(=N)N)C(C)C. The molecule has 3 N–H and O–H groups in total. The Hall–Kier alpha value is -0.570. The zero-order valence-electron chi connectivity index (χ0n) is 10.9. The van der Waals surface area contributed by atoms with E-state index in [9.17, 15) is 0 Å². The molecule has 0 saturated carbocycles. The van der Waals surface area contributed by atoms with Crippen LogP contribution in [-0.4, -0.2) is 29.9 Å². The Morgan fingerprint density at radius 1 is 1.40 bits per heavy atom. The van der Waals surface area contributed by atoms with Gasteiger partial charge in [0.05, 0.1) is 5.84 Å². The second kappa shape index (κ2) is 6.11. The summed E-state index contributed by atoms with van der Waals surface area (Å²) in [6.07, 6.45) is 2.10. The quantitative estimate of drug-likeness (QED) is 0.504. The van der Waals surface area contributed by atoms with Crippen LogP contribution in [0.25, 0.3) is 0 Å². The summed E-state index contributed by atoms with van der Waals surface area (Å²) in [4.78, 5) is 2.44. The third kappa shape index (κ3) is 5.17. The molecule has 90 valence electrons. The van der Waals surface area contributed by atoms with E-state index in [2.05, 4.69) is 25.7 Å². The second-order valence-electron chi connectivity index (χ2n) is 5.12. The third-order valence-electron chi connectivity index (χ3n) is 3.11. The highest BCUT2D eigenvalue weighted by Gasteiger charge is 2.21. The predicted octanol–water partition coefficient (Wildman–Crippen LogP) is 2.46. The van der Waals surface area contributed by atoms with Gasteiger partial charge in [0.25, 0.3) is 0 Å². The highest BCUT2D eigenvalue weighted by Crippen LogP contribution is 2.21. The van der Waals surface area contributed by atoms with Crippen molar-refractivity contribution < 1.29 is 0 Å². The van der Waals surface area contributed by atoms with Gasteiger partial charge in [0.1, 0.15) is 0 Å². The topological polar surface area (TPSA) is 53.1 Å². The minimum Gasteiger partial charge on any atom is -0.387 e. The van der Waals surface area contributed by atoms with Crippen LogP contribution in [0.2, 0.25) is 0 Å². The maximum Gasteiger partial charge on any atom is 0.0963 e. The van der Waals surface area contributed by atoms with Crippen LogP contribution in [-0.2, 0) is 0 Å². The average Bonchev–Trinajstić information content (AvgIpc) is 2.11. The molecule has 0 amide bonds. The van der Waals surface area contributed by atoms with E-state index in [1.165, 1.54) is 0 Å². The Bertz CT molecular complexity index is 197. The van der Waals surface area contributed by atoms with E-state index >= 15 is 0 Å². The Morgan fingerprint density at radius 3 is 2.27 bits per heavy atom. The molecule has 0 unspecified atom stereocenters. The van der Waals surface area contributed by atoms with E-state index in [0.29, 0.717) is 11.9 Å². The van der Waals surface area contributed by atoms with Gasteiger partial charge < -0.3 is 10.6 Å². The Labute approximate surface area is 94.5 Å². The van der Waals surface area contributed by atoms with Gasteiger partial charge in [-0.1, -0.05) is 20.8 Å². The molecule has 3 nitrogen and oxygen atoms in total. The van der Waals surface area contributed by atoms with Crippen LogP contribution < -0.4 is 5.73 Å². The number of nitrogens with one attached hydrogen (secondary N) is 1. The summed E-state index contributed by atoms with van der Waals surface area (Å²) in [5.74, 6) is 0.301. The van der Waals surface area contributed by atoms with E-state index in [0.717, 1.165) is 25.9 Å². The van der Waals surface area contributed by atoms with Crippen LogP contribution in [0, 0.1) is 10.8 Å². The van der Waals surface area contributed by atoms with Gasteiger partial charge in [0, 0.05) is 11.5 Å². The molecule has 3 heteroatoms. The third-order valence-corrected chi connectivity index (χ3v) is 3.11. The fourth-order valence-corrected chi connectivity index (χ4v) is 1.64. The molecule has 0 radical (unpaired) electrons. The molecule has 0 spiro atoms. The van der Waals surface area contributed by atoms with Crippen molar-refractivity contribution in [3.63, 3.8) is 0 Å². The van der Waals surface area contributed by atoms with E-state index < -0.39 is 0 Å². The molecule has 0 aliphatic heterocycles. The summed E-state index contributed by atoms with van der Waals surface area (Å²) in [7, 11) is 0. The average molecular weight is 213 g/mol. The number of nitrogens with zero attached hydrogens (tertiary/aromatic N) is 1. The van der Waals surface area contributed by atoms with E-state index in [1.807, 2.05) is 13.8 Å². The summed E-state index contributed by atoms with van der Waals surface area (Å²) in [5, 5.41) is 7.48. The van der Waals surface area contributed by atoms with Gasteiger partial charge >= 0.3 is 0 Å². The van der Waals surface area contributed by atoms with Crippen molar-refractivity contribution in [2.45, 2.75) is 53.5 Å². The van der Waals surface area contributed by atoms with Crippen molar-refractivity contribution in [3.05, 3.63) is 0 Å². The molecule has 0 aliphatic carbocycles. The summed E-state index contributed by atoms with van der Waals surface area (Å²) in [6.45, 7) is 12.9. The first-order valence-corrected chi connectivity index (χ1v) is 5.89. The molecule has 0 fully saturated rings. The van der Waals surface area contributed by atoms with Gasteiger partial charge in [-0.2, -0.15) is 0 Å². The lowest BCUT2D eigenvalue weighted by Crippen LogP contribution is -2.34. The van der Waals surface area contributed by atoms with Gasteiger partial charge in [-0.3, -0.25) is 5.41 Å². The highest BCUT2D eigenvalue weighted by molar-refractivity contribution is 5.82. The number of amidine groups is 1. The minimum absolute atomic E-state index is 0.142. The summed E-state index contributed by atoms with van der Waals surface area (Å²) in [6, 6.07) is 0.607. The lowest BCUT2D eigenvalue weighted by Gasteiger charge is -2.28. The smallest absolute Gasteiger partial charge is 0.0963 e. The maximum atomic E-state index is 7.48. The summed E-state index contributed by atoms with van der Waals surface area (Å²) in [5.41, 5.74) is 5.41. The lowest BCUT2D eigenvalue weighted by molar-refractivity contribution is 0.221. The van der Waals surface area contributed by atoms with Gasteiger partial charge in [-0.05, 0) is 39.8 Å². The van der Waals surface area contributed by atoms with Crippen molar-refractivity contribution in [1.29, 1.82) is 5.41 Å². The molecule has 15 heavy (non-hydrogen) atoms. The van der Waals surface area contributed by atoms with E-state index in [4.69, 9.17) is 11.1 Å². The second-order valence-corrected chi connectivity index (χ2v) is 5.12. The molecule has 0 atom stereocenters. The fraction of sp³-hybridized carbons (Fsp3) is 0.917. The normalized spacial score (nSPS) is 12.5. The Balaban J connectivity index is 3.92. The van der Waals surface area contributed by atoms with Crippen molar-refractivity contribution in [1.82, 2.24) is 4.90 Å². The number of hydrogen-bond donors (Lipinski definition) is 2. The molecule has 0 aromatic rings. The Morgan fingerprint density at radius 2 is 1.93 bits per heavy atom. The highest BCUT2D eigenvalue weighted by atomic mass is 15.1. The van der Waals surface area contributed by atoms with Crippen LogP contribution >= 0.6 is 0 Å². The predicted molar refractivity (Wildman–Crippen MR) is 67.3 cm³/mol. The van der Waals surface area contributed by atoms with Crippen LogP contribution in [0.5, 0.6) is 0 Å². The van der Waals surface area contributed by atoms with E-state index in [1.54, 1.807) is 0 Å².